The van der Waals surface area contributed by atoms with Gasteiger partial charge in [0.15, 0.2) is 5.76 Å². The molecule has 26 heavy (non-hydrogen) atoms. The van der Waals surface area contributed by atoms with E-state index in [0.29, 0.717) is 30.0 Å². The molecule has 1 N–H and O–H groups in total. The fourth-order valence-electron chi connectivity index (χ4n) is 2.71. The average Bonchev–Trinajstić information content (AvgIpc) is 3.22. The number of aromatic nitrogens is 2. The van der Waals surface area contributed by atoms with Gasteiger partial charge >= 0.3 is 0 Å². The maximum absolute atomic E-state index is 12.6. The third-order valence-corrected chi connectivity index (χ3v) is 4.08. The summed E-state index contributed by atoms with van der Waals surface area (Å²) in [6.45, 7) is 8.21. The zero-order valence-electron chi connectivity index (χ0n) is 15.5. The fourth-order valence-corrected chi connectivity index (χ4v) is 2.71. The van der Waals surface area contributed by atoms with Crippen molar-refractivity contribution in [2.24, 2.45) is 0 Å². The van der Waals surface area contributed by atoms with Crippen LogP contribution in [-0.2, 0) is 11.8 Å². The monoisotopic (exact) mass is 353 g/mol. The molecule has 0 aliphatic rings. The van der Waals surface area contributed by atoms with Gasteiger partial charge in [-0.15, -0.1) is 0 Å². The Kier molecular flexibility index (Phi) is 4.93. The van der Waals surface area contributed by atoms with Crippen LogP contribution in [0.1, 0.15) is 48.3 Å². The molecule has 6 heteroatoms. The predicted octanol–water partition coefficient (Wildman–Crippen LogP) is 3.91. The molecule has 3 rings (SSSR count). The highest BCUT2D eigenvalue weighted by Gasteiger charge is 2.28. The van der Waals surface area contributed by atoms with Crippen molar-refractivity contribution in [2.75, 3.05) is 6.54 Å². The fraction of sp³-hybridized carbons (Fsp3) is 0.350. The van der Waals surface area contributed by atoms with Crippen LogP contribution >= 0.6 is 0 Å². The smallest absolute Gasteiger partial charge is 0.256 e. The molecule has 1 aromatic carbocycles. The van der Waals surface area contributed by atoms with Crippen LogP contribution in [0.2, 0.25) is 0 Å². The summed E-state index contributed by atoms with van der Waals surface area (Å²) >= 11 is 0. The molecule has 3 aromatic rings. The van der Waals surface area contributed by atoms with Crippen LogP contribution in [0, 0.1) is 6.92 Å². The quantitative estimate of drug-likeness (QED) is 0.752. The number of carbonyl (C=O) groups is 1. The number of hydrogen-bond donors (Lipinski definition) is 1. The van der Waals surface area contributed by atoms with Crippen LogP contribution in [-0.4, -0.2) is 22.8 Å². The molecule has 2 aromatic heterocycles. The molecule has 0 bridgehead atoms. The van der Waals surface area contributed by atoms with E-state index < -0.39 is 0 Å². The van der Waals surface area contributed by atoms with E-state index in [9.17, 15) is 4.79 Å². The van der Waals surface area contributed by atoms with Crippen molar-refractivity contribution in [1.82, 2.24) is 15.6 Å². The first kappa shape index (κ1) is 17.9. The predicted molar refractivity (Wildman–Crippen MR) is 97.9 cm³/mol. The highest BCUT2D eigenvalue weighted by molar-refractivity contribution is 5.96. The van der Waals surface area contributed by atoms with Crippen LogP contribution in [0.5, 0.6) is 0 Å². The SMILES string of the molecule is Cc1onc(C(C)(C)C)c1C(=O)NCCc1cc(-c2ccccc2)on1. The van der Waals surface area contributed by atoms with E-state index in [4.69, 9.17) is 9.05 Å². The molecule has 0 spiro atoms. The Balaban J connectivity index is 1.62. The van der Waals surface area contributed by atoms with Gasteiger partial charge in [-0.05, 0) is 6.92 Å². The Bertz CT molecular complexity index is 889. The minimum Gasteiger partial charge on any atom is -0.361 e. The van der Waals surface area contributed by atoms with Gasteiger partial charge in [0.2, 0.25) is 0 Å². The van der Waals surface area contributed by atoms with Crippen LogP contribution in [0.25, 0.3) is 11.3 Å². The summed E-state index contributed by atoms with van der Waals surface area (Å²) in [5.74, 6) is 1.07. The van der Waals surface area contributed by atoms with E-state index in [1.165, 1.54) is 0 Å². The maximum Gasteiger partial charge on any atom is 0.256 e. The number of carbonyl (C=O) groups excluding carboxylic acids is 1. The molecule has 0 atom stereocenters. The molecule has 6 nitrogen and oxygen atoms in total. The van der Waals surface area contributed by atoms with Crippen molar-refractivity contribution in [3.8, 4) is 11.3 Å². The first-order chi connectivity index (χ1) is 12.4. The molecule has 0 radical (unpaired) electrons. The third-order valence-electron chi connectivity index (χ3n) is 4.08. The van der Waals surface area contributed by atoms with Crippen molar-refractivity contribution in [1.29, 1.82) is 0 Å². The topological polar surface area (TPSA) is 81.2 Å². The Morgan fingerprint density at radius 2 is 1.85 bits per heavy atom. The van der Waals surface area contributed by atoms with E-state index in [0.717, 1.165) is 17.0 Å². The van der Waals surface area contributed by atoms with Crippen LogP contribution in [0.3, 0.4) is 0 Å². The Morgan fingerprint density at radius 3 is 2.54 bits per heavy atom. The standard InChI is InChI=1S/C20H23N3O3/c1-13-17(18(23-25-13)20(2,3)4)19(24)21-11-10-15-12-16(26-22-15)14-8-6-5-7-9-14/h5-9,12H,10-11H2,1-4H3,(H,21,24). The van der Waals surface area contributed by atoms with Crippen LogP contribution < -0.4 is 5.32 Å². The van der Waals surface area contributed by atoms with Crippen molar-refractivity contribution < 1.29 is 13.8 Å². The van der Waals surface area contributed by atoms with Gasteiger partial charge in [0, 0.05) is 30.0 Å². The first-order valence-corrected chi connectivity index (χ1v) is 8.62. The summed E-state index contributed by atoms with van der Waals surface area (Å²) < 4.78 is 10.6. The highest BCUT2D eigenvalue weighted by atomic mass is 16.5. The van der Waals surface area contributed by atoms with Crippen molar-refractivity contribution >= 4 is 5.91 Å². The number of benzene rings is 1. The van der Waals surface area contributed by atoms with Gasteiger partial charge in [0.1, 0.15) is 17.0 Å². The second kappa shape index (κ2) is 7.15. The molecule has 0 fully saturated rings. The van der Waals surface area contributed by atoms with Gasteiger partial charge in [0.25, 0.3) is 5.91 Å². The van der Waals surface area contributed by atoms with E-state index in [-0.39, 0.29) is 11.3 Å². The lowest BCUT2D eigenvalue weighted by Crippen LogP contribution is -2.29. The number of nitrogens with one attached hydrogen (secondary N) is 1. The van der Waals surface area contributed by atoms with E-state index in [1.807, 2.05) is 57.2 Å². The van der Waals surface area contributed by atoms with E-state index in [1.54, 1.807) is 6.92 Å². The minimum atomic E-state index is -0.263. The summed E-state index contributed by atoms with van der Waals surface area (Å²) in [6.07, 6.45) is 0.581. The summed E-state index contributed by atoms with van der Waals surface area (Å²) in [5, 5.41) is 11.0. The second-order valence-corrected chi connectivity index (χ2v) is 7.27. The van der Waals surface area contributed by atoms with Gasteiger partial charge < -0.3 is 14.4 Å². The van der Waals surface area contributed by atoms with Gasteiger partial charge in [0.05, 0.1) is 5.69 Å². The second-order valence-electron chi connectivity index (χ2n) is 7.27. The van der Waals surface area contributed by atoms with Gasteiger partial charge in [-0.2, -0.15) is 0 Å². The number of nitrogens with zero attached hydrogens (tertiary/aromatic N) is 2. The lowest BCUT2D eigenvalue weighted by atomic mass is 9.88. The van der Waals surface area contributed by atoms with Gasteiger partial charge in [-0.1, -0.05) is 61.4 Å². The molecule has 0 unspecified atom stereocenters. The maximum atomic E-state index is 12.6. The van der Waals surface area contributed by atoms with Crippen molar-refractivity contribution in [3.05, 3.63) is 59.1 Å². The Morgan fingerprint density at radius 1 is 1.12 bits per heavy atom. The normalized spacial score (nSPS) is 11.5. The van der Waals surface area contributed by atoms with Crippen LogP contribution in [0.4, 0.5) is 0 Å². The van der Waals surface area contributed by atoms with Crippen molar-refractivity contribution in [3.63, 3.8) is 0 Å². The average molecular weight is 353 g/mol. The molecule has 136 valence electrons. The zero-order valence-corrected chi connectivity index (χ0v) is 15.5. The van der Waals surface area contributed by atoms with Gasteiger partial charge in [-0.25, -0.2) is 0 Å². The minimum absolute atomic E-state index is 0.180. The number of amides is 1. The Labute approximate surface area is 152 Å². The molecule has 2 heterocycles. The molecule has 0 saturated heterocycles. The molecule has 0 saturated carbocycles. The molecule has 0 aliphatic carbocycles. The Hall–Kier alpha value is -2.89. The zero-order chi connectivity index (χ0) is 18.7. The summed E-state index contributed by atoms with van der Waals surface area (Å²) in [7, 11) is 0. The number of aryl methyl sites for hydroxylation is 1. The number of hydrogen-bond acceptors (Lipinski definition) is 5. The highest BCUT2D eigenvalue weighted by Crippen LogP contribution is 2.26. The number of rotatable bonds is 5. The first-order valence-electron chi connectivity index (χ1n) is 8.62. The van der Waals surface area contributed by atoms with E-state index >= 15 is 0 Å². The molecular weight excluding hydrogens is 330 g/mol. The molecule has 0 aliphatic heterocycles. The van der Waals surface area contributed by atoms with E-state index in [2.05, 4.69) is 15.6 Å². The third kappa shape index (κ3) is 3.85. The summed E-state index contributed by atoms with van der Waals surface area (Å²) in [6, 6.07) is 11.7. The molecular formula is C20H23N3O3. The lowest BCUT2D eigenvalue weighted by molar-refractivity contribution is 0.0950. The molecule has 1 amide bonds. The lowest BCUT2D eigenvalue weighted by Gasteiger charge is -2.16. The van der Waals surface area contributed by atoms with Crippen LogP contribution in [0.15, 0.2) is 45.4 Å². The summed E-state index contributed by atoms with van der Waals surface area (Å²) in [5.41, 5.74) is 2.69. The van der Waals surface area contributed by atoms with Gasteiger partial charge in [-0.3, -0.25) is 4.79 Å². The largest absolute Gasteiger partial charge is 0.361 e. The summed E-state index contributed by atoms with van der Waals surface area (Å²) in [4.78, 5) is 12.6. The van der Waals surface area contributed by atoms with Crippen molar-refractivity contribution in [2.45, 2.75) is 39.5 Å².